The van der Waals surface area contributed by atoms with Crippen molar-refractivity contribution in [1.82, 2.24) is 4.98 Å². The molecule has 1 aliphatic rings. The highest BCUT2D eigenvalue weighted by molar-refractivity contribution is 5.99. The van der Waals surface area contributed by atoms with Gasteiger partial charge >= 0.3 is 6.18 Å². The first-order chi connectivity index (χ1) is 17.3. The highest BCUT2D eigenvalue weighted by Gasteiger charge is 2.34. The molecule has 0 bridgehead atoms. The van der Waals surface area contributed by atoms with Gasteiger partial charge in [0.2, 0.25) is 5.91 Å². The van der Waals surface area contributed by atoms with Crippen molar-refractivity contribution in [3.63, 3.8) is 0 Å². The van der Waals surface area contributed by atoms with E-state index in [-0.39, 0.29) is 23.1 Å². The second-order valence-electron chi connectivity index (χ2n) is 9.50. The fourth-order valence-corrected chi connectivity index (χ4v) is 5.03. The third-order valence-electron chi connectivity index (χ3n) is 6.99. The Morgan fingerprint density at radius 3 is 2.42 bits per heavy atom. The normalized spacial score (nSPS) is 16.3. The molecule has 1 unspecified atom stereocenters. The number of aromatic nitrogens is 1. The first-order valence-corrected chi connectivity index (χ1v) is 12.6. The van der Waals surface area contributed by atoms with Crippen LogP contribution in [0, 0.1) is 5.92 Å². The molecule has 0 aliphatic carbocycles. The van der Waals surface area contributed by atoms with Crippen LogP contribution < -0.4 is 16.2 Å². The number of nitrogens with one attached hydrogen (secondary N) is 1. The molecule has 0 radical (unpaired) electrons. The molecule has 1 atom stereocenters. The summed E-state index contributed by atoms with van der Waals surface area (Å²) in [5.41, 5.74) is 4.90. The van der Waals surface area contributed by atoms with E-state index >= 15 is 0 Å². The molecule has 1 amide bonds. The molecule has 192 valence electrons. The number of carbonyl (C=O) groups is 1. The van der Waals surface area contributed by atoms with Gasteiger partial charge < -0.3 is 15.6 Å². The number of halogens is 3. The fourth-order valence-electron chi connectivity index (χ4n) is 5.03. The molecule has 1 aliphatic heterocycles. The molecule has 3 N–H and O–H groups in total. The van der Waals surface area contributed by atoms with E-state index in [4.69, 9.17) is 5.73 Å². The smallest absolute Gasteiger partial charge is 0.330 e. The quantitative estimate of drug-likeness (QED) is 0.323. The van der Waals surface area contributed by atoms with Crippen molar-refractivity contribution in [2.75, 3.05) is 18.0 Å². The maximum absolute atomic E-state index is 13.5. The van der Waals surface area contributed by atoms with Gasteiger partial charge in [0, 0.05) is 34.8 Å². The number of benzene rings is 2. The minimum absolute atomic E-state index is 0.00994. The van der Waals surface area contributed by atoms with Crippen LogP contribution in [0.15, 0.2) is 53.3 Å². The van der Waals surface area contributed by atoms with E-state index in [1.807, 2.05) is 0 Å². The Morgan fingerprint density at radius 2 is 1.67 bits per heavy atom. The van der Waals surface area contributed by atoms with Crippen LogP contribution in [0.2, 0.25) is 0 Å². The number of hydrogen-bond donors (Lipinski definition) is 2. The van der Waals surface area contributed by atoms with Gasteiger partial charge in [0.25, 0.3) is 5.56 Å². The first-order valence-electron chi connectivity index (χ1n) is 12.6. The number of alkyl halides is 3. The molecule has 8 heteroatoms. The third-order valence-corrected chi connectivity index (χ3v) is 6.99. The molecular weight excluding hydrogens is 467 g/mol. The van der Waals surface area contributed by atoms with Gasteiger partial charge in [0.15, 0.2) is 0 Å². The third kappa shape index (κ3) is 5.81. The van der Waals surface area contributed by atoms with Gasteiger partial charge in [0.1, 0.15) is 0 Å². The summed E-state index contributed by atoms with van der Waals surface area (Å²) >= 11 is 0. The van der Waals surface area contributed by atoms with E-state index in [2.05, 4.69) is 4.98 Å². The van der Waals surface area contributed by atoms with Crippen LogP contribution in [0.1, 0.15) is 56.9 Å². The largest absolute Gasteiger partial charge is 0.417 e. The van der Waals surface area contributed by atoms with Crippen molar-refractivity contribution in [1.29, 1.82) is 0 Å². The summed E-state index contributed by atoms with van der Waals surface area (Å²) in [6, 6.07) is 11.8. The average Bonchev–Trinajstić information content (AvgIpc) is 3.22. The molecule has 4 rings (SSSR count). The van der Waals surface area contributed by atoms with Crippen LogP contribution in [0.3, 0.4) is 0 Å². The summed E-state index contributed by atoms with van der Waals surface area (Å²) in [5, 5.41) is 0.863. The Kier molecular flexibility index (Phi) is 8.14. The number of anilines is 1. The maximum atomic E-state index is 13.5. The second kappa shape index (κ2) is 11.3. The molecule has 1 saturated heterocycles. The predicted molar refractivity (Wildman–Crippen MR) is 137 cm³/mol. The Hall–Kier alpha value is -3.13. The van der Waals surface area contributed by atoms with E-state index in [1.54, 1.807) is 29.2 Å². The molecule has 36 heavy (non-hydrogen) atoms. The molecule has 3 aromatic rings. The summed E-state index contributed by atoms with van der Waals surface area (Å²) in [6.07, 6.45) is 3.80. The van der Waals surface area contributed by atoms with Crippen LogP contribution in [-0.4, -0.2) is 24.0 Å². The standard InChI is InChI=1S/C28H32F3N3O2/c29-28(30,31)24-11-7-6-10-22(24)25-17-20-12-13-21(18-23(20)26(35)33-25)34-16-14-19(27(34)36)9-5-3-1-2-4-8-15-32/h6-7,10-13,17-19H,1-5,8-9,14-16,32H2,(H,33,35). The zero-order chi connectivity index (χ0) is 25.7. The van der Waals surface area contributed by atoms with E-state index in [9.17, 15) is 22.8 Å². The monoisotopic (exact) mass is 499 g/mol. The molecule has 2 aromatic carbocycles. The number of fused-ring (bicyclic) bond motifs is 1. The number of hydrogen-bond acceptors (Lipinski definition) is 3. The number of nitrogens with zero attached hydrogens (tertiary/aromatic N) is 1. The van der Waals surface area contributed by atoms with Crippen molar-refractivity contribution in [3.8, 4) is 11.3 Å². The van der Waals surface area contributed by atoms with Gasteiger partial charge in [-0.05, 0) is 55.5 Å². The van der Waals surface area contributed by atoms with E-state index in [1.165, 1.54) is 24.6 Å². The van der Waals surface area contributed by atoms with Crippen molar-refractivity contribution < 1.29 is 18.0 Å². The van der Waals surface area contributed by atoms with Crippen LogP contribution in [0.4, 0.5) is 18.9 Å². The average molecular weight is 500 g/mol. The highest BCUT2D eigenvalue weighted by atomic mass is 19.4. The second-order valence-corrected chi connectivity index (χ2v) is 9.50. The van der Waals surface area contributed by atoms with Crippen molar-refractivity contribution >= 4 is 22.4 Å². The number of rotatable bonds is 10. The SMILES string of the molecule is NCCCCCCCCC1CCN(c2ccc3cc(-c4ccccc4C(F)(F)F)[nH]c(=O)c3c2)C1=O. The highest BCUT2D eigenvalue weighted by Crippen LogP contribution is 2.37. The maximum Gasteiger partial charge on any atom is 0.417 e. The lowest BCUT2D eigenvalue weighted by Crippen LogP contribution is -2.27. The van der Waals surface area contributed by atoms with Gasteiger partial charge in [-0.1, -0.05) is 56.4 Å². The van der Waals surface area contributed by atoms with Gasteiger partial charge in [-0.15, -0.1) is 0 Å². The number of amides is 1. The van der Waals surface area contributed by atoms with E-state index in [0.717, 1.165) is 57.6 Å². The summed E-state index contributed by atoms with van der Waals surface area (Å²) in [5.74, 6) is 0.0638. The number of aromatic amines is 1. The zero-order valence-electron chi connectivity index (χ0n) is 20.2. The minimum Gasteiger partial charge on any atom is -0.330 e. The molecule has 2 heterocycles. The summed E-state index contributed by atoms with van der Waals surface area (Å²) < 4.78 is 40.4. The van der Waals surface area contributed by atoms with Crippen molar-refractivity contribution in [3.05, 3.63) is 64.4 Å². The predicted octanol–water partition coefficient (Wildman–Crippen LogP) is 6.26. The fraction of sp³-hybridized carbons (Fsp3) is 0.429. The summed E-state index contributed by atoms with van der Waals surface area (Å²) in [7, 11) is 0. The van der Waals surface area contributed by atoms with Crippen LogP contribution >= 0.6 is 0 Å². The van der Waals surface area contributed by atoms with E-state index < -0.39 is 17.3 Å². The molecule has 0 spiro atoms. The van der Waals surface area contributed by atoms with E-state index in [0.29, 0.717) is 23.0 Å². The van der Waals surface area contributed by atoms with Gasteiger partial charge in [-0.3, -0.25) is 9.59 Å². The topological polar surface area (TPSA) is 79.2 Å². The zero-order valence-corrected chi connectivity index (χ0v) is 20.2. The van der Waals surface area contributed by atoms with Crippen LogP contribution in [-0.2, 0) is 11.0 Å². The Bertz CT molecular complexity index is 1270. The summed E-state index contributed by atoms with van der Waals surface area (Å²) in [6.45, 7) is 1.33. The molecule has 5 nitrogen and oxygen atoms in total. The number of unbranched alkanes of at least 4 members (excludes halogenated alkanes) is 5. The van der Waals surface area contributed by atoms with Crippen molar-refractivity contribution in [2.45, 2.75) is 57.5 Å². The van der Waals surface area contributed by atoms with Crippen LogP contribution in [0.25, 0.3) is 22.0 Å². The Labute approximate surface area is 208 Å². The van der Waals surface area contributed by atoms with Crippen molar-refractivity contribution in [2.24, 2.45) is 11.7 Å². The Balaban J connectivity index is 1.48. The molecular formula is C28H32F3N3O2. The molecule has 0 saturated carbocycles. The number of pyridine rings is 1. The van der Waals surface area contributed by atoms with Gasteiger partial charge in [-0.25, -0.2) is 0 Å². The minimum atomic E-state index is -4.54. The van der Waals surface area contributed by atoms with Gasteiger partial charge in [0.05, 0.1) is 5.56 Å². The first kappa shape index (κ1) is 25.9. The molecule has 1 aromatic heterocycles. The summed E-state index contributed by atoms with van der Waals surface area (Å²) in [4.78, 5) is 30.2. The number of H-pyrrole nitrogens is 1. The lowest BCUT2D eigenvalue weighted by Gasteiger charge is -2.18. The lowest BCUT2D eigenvalue weighted by atomic mass is 9.99. The van der Waals surface area contributed by atoms with Crippen LogP contribution in [0.5, 0.6) is 0 Å². The lowest BCUT2D eigenvalue weighted by molar-refractivity contribution is -0.137. The number of nitrogens with two attached hydrogens (primary N) is 1. The Morgan fingerprint density at radius 1 is 0.944 bits per heavy atom. The van der Waals surface area contributed by atoms with Gasteiger partial charge in [-0.2, -0.15) is 13.2 Å². The number of carbonyl (C=O) groups excluding carboxylic acids is 1. The molecule has 1 fully saturated rings.